The predicted octanol–water partition coefficient (Wildman–Crippen LogP) is 6.08. The number of hydrogen-bond donors (Lipinski definition) is 1. The highest BCUT2D eigenvalue weighted by Crippen LogP contribution is 2.36. The van der Waals surface area contributed by atoms with Gasteiger partial charge in [0.2, 0.25) is 0 Å². The predicted molar refractivity (Wildman–Crippen MR) is 139 cm³/mol. The van der Waals surface area contributed by atoms with Crippen LogP contribution in [0.4, 0.5) is 5.69 Å². The molecule has 0 fully saturated rings. The number of pyridine rings is 2. The Bertz CT molecular complexity index is 1490. The standard InChI is InChI=1S/C29H22N6/c1-19-18-21(13-14-22(19)23-10-6-8-20-9-7-17-32-26(20)23)27-33-28(24-11-2-4-15-30-24)35-29(34-27)25-12-3-5-16-31-25/h2-16,18,32H,17H2,1H3. The second kappa shape index (κ2) is 8.91. The van der Waals surface area contributed by atoms with Crippen LogP contribution in [0.2, 0.25) is 0 Å². The fourth-order valence-electron chi connectivity index (χ4n) is 4.31. The Morgan fingerprint density at radius 2 is 1.40 bits per heavy atom. The molecule has 0 atom stereocenters. The molecule has 6 heteroatoms. The summed E-state index contributed by atoms with van der Waals surface area (Å²) in [4.78, 5) is 23.1. The highest BCUT2D eigenvalue weighted by atomic mass is 15.1. The molecular formula is C29H22N6. The summed E-state index contributed by atoms with van der Waals surface area (Å²) < 4.78 is 0. The number of aromatic nitrogens is 5. The van der Waals surface area contributed by atoms with Gasteiger partial charge in [-0.25, -0.2) is 15.0 Å². The molecule has 6 nitrogen and oxygen atoms in total. The first-order valence-electron chi connectivity index (χ1n) is 11.5. The van der Waals surface area contributed by atoms with Crippen molar-refractivity contribution in [2.45, 2.75) is 6.92 Å². The molecule has 4 heterocycles. The molecule has 0 spiro atoms. The van der Waals surface area contributed by atoms with Gasteiger partial charge in [-0.05, 0) is 53.9 Å². The Balaban J connectivity index is 1.47. The quantitative estimate of drug-likeness (QED) is 0.355. The van der Waals surface area contributed by atoms with E-state index in [9.17, 15) is 0 Å². The molecule has 1 aliphatic heterocycles. The van der Waals surface area contributed by atoms with Crippen molar-refractivity contribution in [3.8, 4) is 45.6 Å². The van der Waals surface area contributed by atoms with Gasteiger partial charge in [0.15, 0.2) is 17.5 Å². The normalized spacial score (nSPS) is 12.1. The number of nitrogens with one attached hydrogen (secondary N) is 1. The second-order valence-corrected chi connectivity index (χ2v) is 8.32. The molecule has 0 aliphatic carbocycles. The number of para-hydroxylation sites is 1. The van der Waals surface area contributed by atoms with Gasteiger partial charge < -0.3 is 5.32 Å². The molecule has 0 saturated heterocycles. The summed E-state index contributed by atoms with van der Waals surface area (Å²) in [6.07, 6.45) is 7.78. The van der Waals surface area contributed by atoms with Crippen LogP contribution >= 0.6 is 0 Å². The lowest BCUT2D eigenvalue weighted by Crippen LogP contribution is -2.06. The molecule has 6 rings (SSSR count). The minimum Gasteiger partial charge on any atom is -0.381 e. The van der Waals surface area contributed by atoms with Crippen molar-refractivity contribution < 1.29 is 0 Å². The van der Waals surface area contributed by atoms with Crippen molar-refractivity contribution in [2.75, 3.05) is 11.9 Å². The molecule has 35 heavy (non-hydrogen) atoms. The molecule has 0 bridgehead atoms. The number of nitrogens with zero attached hydrogens (tertiary/aromatic N) is 5. The Morgan fingerprint density at radius 3 is 2.06 bits per heavy atom. The maximum absolute atomic E-state index is 4.78. The van der Waals surface area contributed by atoms with Gasteiger partial charge in [-0.3, -0.25) is 9.97 Å². The van der Waals surface area contributed by atoms with Gasteiger partial charge in [0, 0.05) is 35.8 Å². The van der Waals surface area contributed by atoms with E-state index >= 15 is 0 Å². The number of rotatable bonds is 4. The third kappa shape index (κ3) is 4.06. The highest BCUT2D eigenvalue weighted by molar-refractivity contribution is 5.88. The maximum Gasteiger partial charge on any atom is 0.182 e. The van der Waals surface area contributed by atoms with Crippen molar-refractivity contribution in [1.82, 2.24) is 24.9 Å². The first-order chi connectivity index (χ1) is 17.3. The second-order valence-electron chi connectivity index (χ2n) is 8.32. The molecule has 2 aromatic carbocycles. The minimum absolute atomic E-state index is 0.520. The molecule has 3 aromatic heterocycles. The van der Waals surface area contributed by atoms with Gasteiger partial charge in [-0.1, -0.05) is 54.6 Å². The van der Waals surface area contributed by atoms with Gasteiger partial charge in [0.1, 0.15) is 11.4 Å². The molecule has 1 aliphatic rings. The van der Waals surface area contributed by atoms with Crippen LogP contribution in [0, 0.1) is 6.92 Å². The first-order valence-corrected chi connectivity index (χ1v) is 11.5. The summed E-state index contributed by atoms with van der Waals surface area (Å²) in [7, 11) is 0. The molecule has 0 saturated carbocycles. The van der Waals surface area contributed by atoms with Gasteiger partial charge in [0.25, 0.3) is 0 Å². The topological polar surface area (TPSA) is 76.5 Å². The van der Waals surface area contributed by atoms with E-state index in [4.69, 9.17) is 9.97 Å². The summed E-state index contributed by atoms with van der Waals surface area (Å²) in [5.41, 5.74) is 8.18. The van der Waals surface area contributed by atoms with E-state index in [0.717, 1.165) is 17.7 Å². The van der Waals surface area contributed by atoms with Gasteiger partial charge in [-0.15, -0.1) is 0 Å². The maximum atomic E-state index is 4.78. The molecular weight excluding hydrogens is 432 g/mol. The third-order valence-electron chi connectivity index (χ3n) is 5.99. The highest BCUT2D eigenvalue weighted by Gasteiger charge is 2.16. The fraction of sp³-hybridized carbons (Fsp3) is 0.0690. The zero-order valence-corrected chi connectivity index (χ0v) is 19.2. The zero-order valence-electron chi connectivity index (χ0n) is 19.2. The Hall–Kier alpha value is -4.71. The molecule has 5 aromatic rings. The fourth-order valence-corrected chi connectivity index (χ4v) is 4.31. The number of benzene rings is 2. The zero-order chi connectivity index (χ0) is 23.6. The number of hydrogen-bond acceptors (Lipinski definition) is 6. The van der Waals surface area contributed by atoms with E-state index in [1.807, 2.05) is 36.4 Å². The Kier molecular flexibility index (Phi) is 5.31. The van der Waals surface area contributed by atoms with Gasteiger partial charge >= 0.3 is 0 Å². The van der Waals surface area contributed by atoms with Crippen LogP contribution in [0.1, 0.15) is 11.1 Å². The number of aryl methyl sites for hydroxylation is 1. The van der Waals surface area contributed by atoms with Crippen LogP contribution in [0.3, 0.4) is 0 Å². The lowest BCUT2D eigenvalue weighted by atomic mass is 9.94. The van der Waals surface area contributed by atoms with E-state index in [0.29, 0.717) is 28.9 Å². The molecule has 1 N–H and O–H groups in total. The first kappa shape index (κ1) is 20.9. The van der Waals surface area contributed by atoms with Crippen LogP contribution in [-0.2, 0) is 0 Å². The SMILES string of the molecule is Cc1cc(-c2nc(-c3ccccn3)nc(-c3ccccn3)n2)ccc1-c1cccc2c1NCC=C2. The lowest BCUT2D eigenvalue weighted by molar-refractivity contribution is 1.05. The Labute approximate surface area is 203 Å². The van der Waals surface area contributed by atoms with E-state index < -0.39 is 0 Å². The monoisotopic (exact) mass is 454 g/mol. The Morgan fingerprint density at radius 1 is 0.686 bits per heavy atom. The summed E-state index contributed by atoms with van der Waals surface area (Å²) >= 11 is 0. The van der Waals surface area contributed by atoms with Crippen molar-refractivity contribution in [3.05, 3.63) is 102 Å². The van der Waals surface area contributed by atoms with Crippen molar-refractivity contribution in [2.24, 2.45) is 0 Å². The average molecular weight is 455 g/mol. The van der Waals surface area contributed by atoms with Crippen molar-refractivity contribution in [1.29, 1.82) is 0 Å². The van der Waals surface area contributed by atoms with E-state index in [-0.39, 0.29) is 0 Å². The van der Waals surface area contributed by atoms with Gasteiger partial charge in [-0.2, -0.15) is 0 Å². The number of fused-ring (bicyclic) bond motifs is 1. The summed E-state index contributed by atoms with van der Waals surface area (Å²) in [6, 6.07) is 24.1. The smallest absolute Gasteiger partial charge is 0.182 e. The van der Waals surface area contributed by atoms with E-state index in [2.05, 4.69) is 75.7 Å². The van der Waals surface area contributed by atoms with Crippen LogP contribution in [0.15, 0.2) is 91.3 Å². The molecule has 0 unspecified atom stereocenters. The summed E-state index contributed by atoms with van der Waals surface area (Å²) in [6.45, 7) is 2.95. The average Bonchev–Trinajstić information content (AvgIpc) is 2.93. The van der Waals surface area contributed by atoms with Crippen LogP contribution < -0.4 is 5.32 Å². The third-order valence-corrected chi connectivity index (χ3v) is 5.99. The van der Waals surface area contributed by atoms with Crippen molar-refractivity contribution in [3.63, 3.8) is 0 Å². The number of anilines is 1. The van der Waals surface area contributed by atoms with Gasteiger partial charge in [0.05, 0.1) is 0 Å². The van der Waals surface area contributed by atoms with Crippen LogP contribution in [-0.4, -0.2) is 31.5 Å². The molecule has 0 radical (unpaired) electrons. The van der Waals surface area contributed by atoms with E-state index in [1.54, 1.807) is 12.4 Å². The lowest BCUT2D eigenvalue weighted by Gasteiger charge is -2.19. The summed E-state index contributed by atoms with van der Waals surface area (Å²) in [5, 5.41) is 3.52. The van der Waals surface area contributed by atoms with Crippen molar-refractivity contribution >= 4 is 11.8 Å². The van der Waals surface area contributed by atoms with Crippen LogP contribution in [0.5, 0.6) is 0 Å². The minimum atomic E-state index is 0.520. The molecule has 168 valence electrons. The molecule has 0 amide bonds. The summed E-state index contributed by atoms with van der Waals surface area (Å²) in [5.74, 6) is 1.63. The van der Waals surface area contributed by atoms with Crippen LogP contribution in [0.25, 0.3) is 51.6 Å². The largest absolute Gasteiger partial charge is 0.381 e. The van der Waals surface area contributed by atoms with E-state index in [1.165, 1.54) is 22.4 Å².